The van der Waals surface area contributed by atoms with Crippen LogP contribution in [0.25, 0.3) is 0 Å². The molecule has 2 fully saturated rings. The Kier molecular flexibility index (Phi) is 4.79. The quantitative estimate of drug-likeness (QED) is 0.541. The Bertz CT molecular complexity index is 1020. The van der Waals surface area contributed by atoms with E-state index in [9.17, 15) is 24.0 Å². The number of hydrogen-bond acceptors (Lipinski definition) is 6. The zero-order chi connectivity index (χ0) is 22.5. The number of carbonyl (C=O) groups is 5. The maximum absolute atomic E-state index is 13.3. The lowest BCUT2D eigenvalue weighted by Crippen LogP contribution is -2.70. The van der Waals surface area contributed by atoms with E-state index in [1.165, 1.54) is 14.1 Å². The van der Waals surface area contributed by atoms with Crippen LogP contribution in [0.2, 0.25) is 0 Å². The Labute approximate surface area is 178 Å². The number of anilines is 2. The summed E-state index contributed by atoms with van der Waals surface area (Å²) in [4.78, 5) is 65.6. The molecule has 162 valence electrons. The first-order chi connectivity index (χ1) is 14.7. The molecule has 10 heteroatoms. The van der Waals surface area contributed by atoms with Crippen LogP contribution in [-0.2, 0) is 25.6 Å². The Morgan fingerprint density at radius 2 is 1.81 bits per heavy atom. The summed E-state index contributed by atoms with van der Waals surface area (Å²) in [5.41, 5.74) is 0.596. The highest BCUT2D eigenvalue weighted by molar-refractivity contribution is 6.20. The van der Waals surface area contributed by atoms with Gasteiger partial charge in [-0.25, -0.2) is 9.59 Å². The van der Waals surface area contributed by atoms with Gasteiger partial charge in [0.05, 0.1) is 6.04 Å². The van der Waals surface area contributed by atoms with Crippen LogP contribution >= 0.6 is 0 Å². The Morgan fingerprint density at radius 3 is 2.45 bits per heavy atom. The molecule has 3 aliphatic rings. The van der Waals surface area contributed by atoms with Crippen molar-refractivity contribution in [1.82, 2.24) is 9.80 Å². The van der Waals surface area contributed by atoms with Gasteiger partial charge in [0, 0.05) is 44.2 Å². The van der Waals surface area contributed by atoms with Crippen molar-refractivity contribution in [2.45, 2.75) is 25.3 Å². The summed E-state index contributed by atoms with van der Waals surface area (Å²) < 4.78 is 0. The predicted molar refractivity (Wildman–Crippen MR) is 109 cm³/mol. The van der Waals surface area contributed by atoms with E-state index in [2.05, 4.69) is 5.32 Å². The van der Waals surface area contributed by atoms with E-state index in [1.54, 1.807) is 12.1 Å². The number of carboxylic acids is 1. The van der Waals surface area contributed by atoms with Gasteiger partial charge in [0.25, 0.3) is 0 Å². The fourth-order valence-corrected chi connectivity index (χ4v) is 4.93. The van der Waals surface area contributed by atoms with E-state index in [4.69, 9.17) is 5.11 Å². The number of imide groups is 2. The molecule has 3 aliphatic heterocycles. The van der Waals surface area contributed by atoms with Crippen molar-refractivity contribution >= 4 is 41.1 Å². The molecule has 2 N–H and O–H groups in total. The molecule has 0 bridgehead atoms. The van der Waals surface area contributed by atoms with E-state index >= 15 is 0 Å². The smallest absolute Gasteiger partial charge is 0.332 e. The summed E-state index contributed by atoms with van der Waals surface area (Å²) >= 11 is 0. The van der Waals surface area contributed by atoms with Crippen LogP contribution in [0.5, 0.6) is 0 Å². The van der Waals surface area contributed by atoms with Gasteiger partial charge >= 0.3 is 12.0 Å². The number of nitrogens with zero attached hydrogens (tertiary/aromatic N) is 3. The second-order valence-corrected chi connectivity index (χ2v) is 8.01. The monoisotopic (exact) mass is 426 g/mol. The van der Waals surface area contributed by atoms with Crippen LogP contribution in [0, 0.1) is 5.41 Å². The number of hydrogen-bond donors (Lipinski definition) is 2. The molecular formula is C21H22N4O6. The van der Waals surface area contributed by atoms with E-state index in [-0.39, 0.29) is 12.5 Å². The lowest BCUT2D eigenvalue weighted by atomic mass is 9.68. The number of rotatable bonds is 3. The van der Waals surface area contributed by atoms with Crippen molar-refractivity contribution in [3.63, 3.8) is 0 Å². The summed E-state index contributed by atoms with van der Waals surface area (Å²) in [6.45, 7) is 0.675. The maximum Gasteiger partial charge on any atom is 0.332 e. The number of nitrogens with one attached hydrogen (secondary N) is 1. The summed E-state index contributed by atoms with van der Waals surface area (Å²) in [5.74, 6) is -2.87. The largest absolute Gasteiger partial charge is 0.478 e. The minimum Gasteiger partial charge on any atom is -0.478 e. The SMILES string of the molecule is CN1C(=O)N(C)C(=O)C2(Cc3cc(NC(=O)C=CC(=O)O)ccc3N3CCCC32)C1=O. The van der Waals surface area contributed by atoms with Crippen LogP contribution in [0.1, 0.15) is 18.4 Å². The standard InChI is InChI=1S/C21H22N4O6/c1-23-18(29)21(19(30)24(2)20(23)31)11-12-10-13(22-16(26)7-8-17(27)28)5-6-14(12)25-9-3-4-15(21)25/h5-8,10,15H,3-4,9,11H2,1-2H3,(H,22,26)(H,27,28). The number of benzene rings is 1. The average molecular weight is 426 g/mol. The van der Waals surface area contributed by atoms with Gasteiger partial charge in [0.1, 0.15) is 0 Å². The number of amides is 5. The molecule has 2 saturated heterocycles. The fraction of sp³-hybridized carbons (Fsp3) is 0.381. The highest BCUT2D eigenvalue weighted by Gasteiger charge is 2.63. The van der Waals surface area contributed by atoms with Gasteiger partial charge in [0.2, 0.25) is 17.7 Å². The van der Waals surface area contributed by atoms with Crippen molar-refractivity contribution in [2.24, 2.45) is 5.41 Å². The Balaban J connectivity index is 1.74. The second kappa shape index (κ2) is 7.22. The first-order valence-corrected chi connectivity index (χ1v) is 9.88. The topological polar surface area (TPSA) is 127 Å². The van der Waals surface area contributed by atoms with Crippen molar-refractivity contribution in [3.05, 3.63) is 35.9 Å². The molecule has 0 radical (unpaired) electrons. The van der Waals surface area contributed by atoms with Gasteiger partial charge in [-0.05, 0) is 43.0 Å². The number of carboxylic acid groups (broad SMARTS) is 1. The highest BCUT2D eigenvalue weighted by atomic mass is 16.4. The number of carbonyl (C=O) groups excluding carboxylic acids is 4. The molecule has 1 aromatic carbocycles. The van der Waals surface area contributed by atoms with Crippen LogP contribution in [-0.4, -0.2) is 71.3 Å². The van der Waals surface area contributed by atoms with Gasteiger partial charge in [-0.15, -0.1) is 0 Å². The van der Waals surface area contributed by atoms with Gasteiger partial charge in [-0.1, -0.05) is 0 Å². The van der Waals surface area contributed by atoms with Gasteiger partial charge in [-0.2, -0.15) is 0 Å². The van der Waals surface area contributed by atoms with Crippen molar-refractivity contribution in [2.75, 3.05) is 30.9 Å². The first kappa shape index (κ1) is 20.6. The number of urea groups is 1. The molecule has 3 heterocycles. The van der Waals surface area contributed by atoms with Gasteiger partial charge in [0.15, 0.2) is 5.41 Å². The minimum absolute atomic E-state index is 0.109. The summed E-state index contributed by atoms with van der Waals surface area (Å²) in [6, 6.07) is 4.21. The number of fused-ring (bicyclic) bond motifs is 4. The molecule has 0 aliphatic carbocycles. The third-order valence-corrected chi connectivity index (χ3v) is 6.27. The summed E-state index contributed by atoms with van der Waals surface area (Å²) in [6.07, 6.45) is 3.22. The van der Waals surface area contributed by atoms with Crippen LogP contribution in [0.3, 0.4) is 0 Å². The van der Waals surface area contributed by atoms with Gasteiger partial charge < -0.3 is 15.3 Å². The molecule has 1 unspecified atom stereocenters. The van der Waals surface area contributed by atoms with Crippen molar-refractivity contribution < 1.29 is 29.1 Å². The van der Waals surface area contributed by atoms with Crippen molar-refractivity contribution in [3.8, 4) is 0 Å². The average Bonchev–Trinajstić information content (AvgIpc) is 3.24. The number of aliphatic carboxylic acids is 1. The van der Waals surface area contributed by atoms with Crippen LogP contribution in [0.15, 0.2) is 30.4 Å². The van der Waals surface area contributed by atoms with E-state index in [0.717, 1.165) is 34.1 Å². The fourth-order valence-electron chi connectivity index (χ4n) is 4.93. The maximum atomic E-state index is 13.3. The Hall–Kier alpha value is -3.69. The van der Waals surface area contributed by atoms with Crippen LogP contribution < -0.4 is 10.2 Å². The lowest BCUT2D eigenvalue weighted by molar-refractivity contribution is -0.159. The first-order valence-electron chi connectivity index (χ1n) is 9.88. The zero-order valence-electron chi connectivity index (χ0n) is 17.1. The Morgan fingerprint density at radius 1 is 1.13 bits per heavy atom. The highest BCUT2D eigenvalue weighted by Crippen LogP contribution is 2.49. The van der Waals surface area contributed by atoms with Crippen molar-refractivity contribution in [1.29, 1.82) is 0 Å². The lowest BCUT2D eigenvalue weighted by Gasteiger charge is -2.50. The molecule has 1 aromatic rings. The zero-order valence-corrected chi connectivity index (χ0v) is 17.1. The molecule has 4 rings (SSSR count). The molecule has 5 amide bonds. The minimum atomic E-state index is -1.41. The second-order valence-electron chi connectivity index (χ2n) is 8.01. The number of barbiturate groups is 1. The molecule has 1 atom stereocenters. The molecule has 10 nitrogen and oxygen atoms in total. The molecule has 0 aromatic heterocycles. The molecule has 0 saturated carbocycles. The normalized spacial score (nSPS) is 22.2. The molecular weight excluding hydrogens is 404 g/mol. The van der Waals surface area contributed by atoms with E-state index in [0.29, 0.717) is 24.2 Å². The van der Waals surface area contributed by atoms with E-state index in [1.807, 2.05) is 11.0 Å². The predicted octanol–water partition coefficient (Wildman–Crippen LogP) is 0.828. The third-order valence-electron chi connectivity index (χ3n) is 6.27. The third kappa shape index (κ3) is 3.06. The molecule has 1 spiro atoms. The summed E-state index contributed by atoms with van der Waals surface area (Å²) in [5, 5.41) is 11.3. The molecule has 31 heavy (non-hydrogen) atoms. The van der Waals surface area contributed by atoms with Gasteiger partial charge in [-0.3, -0.25) is 24.2 Å². The van der Waals surface area contributed by atoms with Crippen LogP contribution in [0.4, 0.5) is 16.2 Å². The van der Waals surface area contributed by atoms with E-state index < -0.39 is 35.1 Å². The summed E-state index contributed by atoms with van der Waals surface area (Å²) in [7, 11) is 2.77.